The predicted molar refractivity (Wildman–Crippen MR) is 99.4 cm³/mol. The number of amides is 2. The molecule has 4 nitrogen and oxygen atoms in total. The summed E-state index contributed by atoms with van der Waals surface area (Å²) in [7, 11) is 0. The van der Waals surface area contributed by atoms with E-state index in [9.17, 15) is 14.0 Å². The number of fused-ring (bicyclic) bond motifs is 1. The molecule has 0 saturated carbocycles. The van der Waals surface area contributed by atoms with Gasteiger partial charge in [-0.05, 0) is 49.9 Å². The molecule has 0 aromatic heterocycles. The van der Waals surface area contributed by atoms with Crippen molar-refractivity contribution in [2.75, 3.05) is 18.0 Å². The van der Waals surface area contributed by atoms with Gasteiger partial charge in [0.25, 0.3) is 0 Å². The fourth-order valence-corrected chi connectivity index (χ4v) is 3.22. The zero-order valence-corrected chi connectivity index (χ0v) is 15.1. The molecule has 0 bridgehead atoms. The van der Waals surface area contributed by atoms with Gasteiger partial charge >= 0.3 is 0 Å². The average molecular weight is 354 g/mol. The molecule has 1 N–H and O–H groups in total. The molecule has 2 aromatic carbocycles. The number of hydrogen-bond acceptors (Lipinski definition) is 2. The first kappa shape index (κ1) is 18.1. The fraction of sp³-hybridized carbons (Fsp3) is 0.333. The van der Waals surface area contributed by atoms with Gasteiger partial charge in [-0.3, -0.25) is 9.59 Å². The Morgan fingerprint density at radius 1 is 1.12 bits per heavy atom. The third-order valence-corrected chi connectivity index (χ3v) is 4.87. The predicted octanol–water partition coefficient (Wildman–Crippen LogP) is 3.10. The monoisotopic (exact) mass is 354 g/mol. The van der Waals surface area contributed by atoms with Gasteiger partial charge in [0.1, 0.15) is 11.2 Å². The Hall–Kier alpha value is -2.69. The summed E-state index contributed by atoms with van der Waals surface area (Å²) < 4.78 is 13.6. The first-order valence-electron chi connectivity index (χ1n) is 8.83. The Labute approximate surface area is 153 Å². The average Bonchev–Trinajstić information content (AvgIpc) is 3.06. The lowest BCUT2D eigenvalue weighted by atomic mass is 9.90. The van der Waals surface area contributed by atoms with Crippen molar-refractivity contribution in [2.45, 2.75) is 26.7 Å². The van der Waals surface area contributed by atoms with Crippen LogP contribution in [-0.2, 0) is 22.4 Å². The lowest BCUT2D eigenvalue weighted by Crippen LogP contribution is -2.49. The van der Waals surface area contributed by atoms with Gasteiger partial charge in [0.15, 0.2) is 0 Å². The van der Waals surface area contributed by atoms with Crippen molar-refractivity contribution in [2.24, 2.45) is 5.41 Å². The van der Waals surface area contributed by atoms with Crippen molar-refractivity contribution in [3.63, 3.8) is 0 Å². The minimum atomic E-state index is -1.19. The quantitative estimate of drug-likeness (QED) is 0.839. The Morgan fingerprint density at radius 2 is 1.81 bits per heavy atom. The van der Waals surface area contributed by atoms with Crippen LogP contribution in [0.4, 0.5) is 10.1 Å². The van der Waals surface area contributed by atoms with Crippen molar-refractivity contribution in [1.29, 1.82) is 0 Å². The van der Waals surface area contributed by atoms with Gasteiger partial charge in [0, 0.05) is 18.8 Å². The molecular weight excluding hydrogens is 331 g/mol. The van der Waals surface area contributed by atoms with Crippen LogP contribution in [0.5, 0.6) is 0 Å². The van der Waals surface area contributed by atoms with Crippen LogP contribution in [0.25, 0.3) is 0 Å². The molecule has 0 saturated heterocycles. The molecule has 26 heavy (non-hydrogen) atoms. The molecule has 2 aromatic rings. The molecule has 1 aliphatic heterocycles. The summed E-state index contributed by atoms with van der Waals surface area (Å²) in [6.45, 7) is 4.14. The number of carbonyl (C=O) groups excluding carboxylic acids is 2. The van der Waals surface area contributed by atoms with Crippen LogP contribution >= 0.6 is 0 Å². The second-order valence-corrected chi connectivity index (χ2v) is 7.06. The van der Waals surface area contributed by atoms with Gasteiger partial charge in [0.2, 0.25) is 11.8 Å². The van der Waals surface area contributed by atoms with Crippen LogP contribution in [-0.4, -0.2) is 24.9 Å². The minimum Gasteiger partial charge on any atom is -0.355 e. The highest BCUT2D eigenvalue weighted by Crippen LogP contribution is 2.31. The van der Waals surface area contributed by atoms with Gasteiger partial charge in [0.05, 0.1) is 0 Å². The SMILES string of the molecule is CC(C)(C(=O)NCCc1ccccc1F)C(=O)N1CCc2ccccc21. The second kappa shape index (κ2) is 7.28. The Kier molecular flexibility index (Phi) is 5.07. The number of halogens is 1. The summed E-state index contributed by atoms with van der Waals surface area (Å²) >= 11 is 0. The molecule has 3 rings (SSSR count). The van der Waals surface area contributed by atoms with Crippen LogP contribution in [0.3, 0.4) is 0 Å². The molecule has 2 amide bonds. The lowest BCUT2D eigenvalue weighted by molar-refractivity contribution is -0.139. The van der Waals surface area contributed by atoms with E-state index < -0.39 is 5.41 Å². The van der Waals surface area contributed by atoms with E-state index in [1.807, 2.05) is 24.3 Å². The maximum Gasteiger partial charge on any atom is 0.242 e. The van der Waals surface area contributed by atoms with Gasteiger partial charge in [-0.1, -0.05) is 36.4 Å². The van der Waals surface area contributed by atoms with E-state index in [0.29, 0.717) is 18.5 Å². The van der Waals surface area contributed by atoms with E-state index in [0.717, 1.165) is 17.7 Å². The maximum atomic E-state index is 13.6. The van der Waals surface area contributed by atoms with E-state index in [2.05, 4.69) is 5.32 Å². The molecule has 0 unspecified atom stereocenters. The van der Waals surface area contributed by atoms with E-state index in [4.69, 9.17) is 0 Å². The van der Waals surface area contributed by atoms with Crippen LogP contribution in [0, 0.1) is 11.2 Å². The molecule has 136 valence electrons. The summed E-state index contributed by atoms with van der Waals surface area (Å²) in [6.07, 6.45) is 1.18. The van der Waals surface area contributed by atoms with Gasteiger partial charge in [-0.25, -0.2) is 4.39 Å². The summed E-state index contributed by atoms with van der Waals surface area (Å²) in [5.74, 6) is -0.847. The smallest absolute Gasteiger partial charge is 0.242 e. The molecule has 1 aliphatic rings. The highest BCUT2D eigenvalue weighted by molar-refractivity contribution is 6.11. The number of rotatable bonds is 5. The van der Waals surface area contributed by atoms with E-state index in [1.54, 1.807) is 36.9 Å². The van der Waals surface area contributed by atoms with Crippen molar-refractivity contribution >= 4 is 17.5 Å². The van der Waals surface area contributed by atoms with Crippen LogP contribution in [0.15, 0.2) is 48.5 Å². The van der Waals surface area contributed by atoms with Crippen molar-refractivity contribution < 1.29 is 14.0 Å². The van der Waals surface area contributed by atoms with Crippen molar-refractivity contribution in [1.82, 2.24) is 5.32 Å². The third-order valence-electron chi connectivity index (χ3n) is 4.87. The molecular formula is C21H23FN2O2. The van der Waals surface area contributed by atoms with Crippen LogP contribution in [0.1, 0.15) is 25.0 Å². The lowest BCUT2D eigenvalue weighted by Gasteiger charge is -2.28. The summed E-state index contributed by atoms with van der Waals surface area (Å²) in [6, 6.07) is 14.2. The molecule has 1 heterocycles. The number of hydrogen-bond donors (Lipinski definition) is 1. The Balaban J connectivity index is 1.63. The van der Waals surface area contributed by atoms with Crippen LogP contribution in [0.2, 0.25) is 0 Å². The van der Waals surface area contributed by atoms with Crippen molar-refractivity contribution in [3.8, 4) is 0 Å². The molecule has 0 radical (unpaired) electrons. The van der Waals surface area contributed by atoms with Gasteiger partial charge in [-0.15, -0.1) is 0 Å². The number of nitrogens with zero attached hydrogens (tertiary/aromatic N) is 1. The van der Waals surface area contributed by atoms with E-state index in [-0.39, 0.29) is 24.2 Å². The van der Waals surface area contributed by atoms with Gasteiger partial charge < -0.3 is 10.2 Å². The number of nitrogens with one attached hydrogen (secondary N) is 1. The second-order valence-electron chi connectivity index (χ2n) is 7.06. The van der Waals surface area contributed by atoms with Gasteiger partial charge in [-0.2, -0.15) is 0 Å². The van der Waals surface area contributed by atoms with E-state index in [1.165, 1.54) is 6.07 Å². The Bertz CT molecular complexity index is 832. The first-order valence-corrected chi connectivity index (χ1v) is 8.83. The van der Waals surface area contributed by atoms with E-state index >= 15 is 0 Å². The Morgan fingerprint density at radius 3 is 2.58 bits per heavy atom. The molecule has 5 heteroatoms. The highest BCUT2D eigenvalue weighted by atomic mass is 19.1. The number of para-hydroxylation sites is 1. The number of carbonyl (C=O) groups is 2. The summed E-state index contributed by atoms with van der Waals surface area (Å²) in [5.41, 5.74) is 1.36. The summed E-state index contributed by atoms with van der Waals surface area (Å²) in [5, 5.41) is 2.77. The van der Waals surface area contributed by atoms with Crippen LogP contribution < -0.4 is 10.2 Å². The third kappa shape index (κ3) is 3.47. The minimum absolute atomic E-state index is 0.217. The molecule has 0 atom stereocenters. The molecule has 0 spiro atoms. The fourth-order valence-electron chi connectivity index (χ4n) is 3.22. The number of anilines is 1. The topological polar surface area (TPSA) is 49.4 Å². The zero-order chi connectivity index (χ0) is 18.7. The largest absolute Gasteiger partial charge is 0.355 e. The van der Waals surface area contributed by atoms with Crippen molar-refractivity contribution in [3.05, 3.63) is 65.5 Å². The first-order chi connectivity index (χ1) is 12.4. The highest BCUT2D eigenvalue weighted by Gasteiger charge is 2.41. The molecule has 0 fully saturated rings. The molecule has 0 aliphatic carbocycles. The summed E-state index contributed by atoms with van der Waals surface area (Å²) in [4.78, 5) is 27.2. The normalized spacial score (nSPS) is 13.4. The zero-order valence-electron chi connectivity index (χ0n) is 15.1. The maximum absolute atomic E-state index is 13.6. The number of benzene rings is 2. The standard InChI is InChI=1S/C21H23FN2O2/c1-21(2,19(25)23-13-11-15-7-3-5-9-17(15)22)20(26)24-14-12-16-8-4-6-10-18(16)24/h3-10H,11-14H2,1-2H3,(H,23,25).